The Balaban J connectivity index is 1.48. The third-order valence-corrected chi connectivity index (χ3v) is 4.93. The summed E-state index contributed by atoms with van der Waals surface area (Å²) in [4.78, 5) is 16.9. The standard InChI is InChI=1S/C22H29N3O2/c1-27-16-9-5-3-2-4-8-14-23-21(26)17-25-20-13-7-6-11-18(20)19-12-10-15-24-22(19)25/h6-7,10-13,15H,2-5,8-9,14,16-17H2,1H3,(H,23,26). The highest BCUT2D eigenvalue weighted by atomic mass is 16.5. The summed E-state index contributed by atoms with van der Waals surface area (Å²) >= 11 is 0. The van der Waals surface area contributed by atoms with E-state index in [9.17, 15) is 4.79 Å². The summed E-state index contributed by atoms with van der Waals surface area (Å²) in [7, 11) is 1.75. The number of pyridine rings is 1. The van der Waals surface area contributed by atoms with Crippen LogP contribution in [0.5, 0.6) is 0 Å². The molecule has 0 spiro atoms. The fourth-order valence-electron chi connectivity index (χ4n) is 3.54. The lowest BCUT2D eigenvalue weighted by atomic mass is 10.1. The number of hydrogen-bond donors (Lipinski definition) is 1. The third kappa shape index (κ3) is 5.07. The molecule has 0 saturated carbocycles. The van der Waals surface area contributed by atoms with E-state index in [1.165, 1.54) is 19.3 Å². The molecule has 1 aromatic carbocycles. The lowest BCUT2D eigenvalue weighted by molar-refractivity contribution is -0.121. The van der Waals surface area contributed by atoms with E-state index in [4.69, 9.17) is 4.74 Å². The summed E-state index contributed by atoms with van der Waals surface area (Å²) in [5, 5.41) is 5.29. The smallest absolute Gasteiger partial charge is 0.240 e. The molecule has 27 heavy (non-hydrogen) atoms. The number of ether oxygens (including phenoxy) is 1. The van der Waals surface area contributed by atoms with Gasteiger partial charge in [0.2, 0.25) is 5.91 Å². The van der Waals surface area contributed by atoms with Crippen LogP contribution in [-0.2, 0) is 16.1 Å². The molecule has 3 rings (SSSR count). The Bertz CT molecular complexity index is 819. The van der Waals surface area contributed by atoms with E-state index < -0.39 is 0 Å². The van der Waals surface area contributed by atoms with Crippen molar-refractivity contribution in [1.29, 1.82) is 0 Å². The molecule has 144 valence electrons. The number of rotatable bonds is 11. The average Bonchev–Trinajstić information content (AvgIpc) is 3.01. The van der Waals surface area contributed by atoms with Crippen molar-refractivity contribution >= 4 is 27.8 Å². The minimum absolute atomic E-state index is 0.0448. The third-order valence-electron chi connectivity index (χ3n) is 4.93. The molecule has 0 saturated heterocycles. The molecule has 0 radical (unpaired) electrons. The lowest BCUT2D eigenvalue weighted by Gasteiger charge is -2.08. The van der Waals surface area contributed by atoms with E-state index in [0.29, 0.717) is 6.54 Å². The molecular formula is C22H29N3O2. The molecule has 0 atom stereocenters. The van der Waals surface area contributed by atoms with Gasteiger partial charge in [-0.15, -0.1) is 0 Å². The van der Waals surface area contributed by atoms with Crippen molar-refractivity contribution in [2.75, 3.05) is 20.3 Å². The van der Waals surface area contributed by atoms with Crippen LogP contribution in [0, 0.1) is 0 Å². The Morgan fingerprint density at radius 2 is 1.74 bits per heavy atom. The highest BCUT2D eigenvalue weighted by Crippen LogP contribution is 2.26. The number of hydrogen-bond acceptors (Lipinski definition) is 3. The van der Waals surface area contributed by atoms with Crippen molar-refractivity contribution in [3.63, 3.8) is 0 Å². The Morgan fingerprint density at radius 1 is 1.00 bits per heavy atom. The van der Waals surface area contributed by atoms with Crippen LogP contribution in [0.4, 0.5) is 0 Å². The summed E-state index contributed by atoms with van der Waals surface area (Å²) in [6.07, 6.45) is 8.79. The number of aromatic nitrogens is 2. The van der Waals surface area contributed by atoms with Crippen LogP contribution in [-0.4, -0.2) is 35.7 Å². The van der Waals surface area contributed by atoms with Gasteiger partial charge in [-0.25, -0.2) is 4.98 Å². The molecule has 1 N–H and O–H groups in total. The first-order chi connectivity index (χ1) is 13.3. The van der Waals surface area contributed by atoms with Crippen LogP contribution in [0.3, 0.4) is 0 Å². The van der Waals surface area contributed by atoms with Gasteiger partial charge < -0.3 is 14.6 Å². The molecule has 2 aromatic heterocycles. The number of carbonyl (C=O) groups is 1. The average molecular weight is 367 g/mol. The second kappa shape index (κ2) is 10.1. The number of nitrogens with zero attached hydrogens (tertiary/aromatic N) is 2. The van der Waals surface area contributed by atoms with Gasteiger partial charge in [0.1, 0.15) is 12.2 Å². The fourth-order valence-corrected chi connectivity index (χ4v) is 3.54. The summed E-state index contributed by atoms with van der Waals surface area (Å²) in [5.74, 6) is 0.0448. The first kappa shape index (κ1) is 19.4. The molecule has 0 unspecified atom stereocenters. The number of unbranched alkanes of at least 4 members (excludes halogenated alkanes) is 5. The summed E-state index contributed by atoms with van der Waals surface area (Å²) in [6, 6.07) is 12.2. The number of para-hydroxylation sites is 1. The largest absolute Gasteiger partial charge is 0.385 e. The van der Waals surface area contributed by atoms with E-state index in [0.717, 1.165) is 54.4 Å². The van der Waals surface area contributed by atoms with Gasteiger partial charge in [0.15, 0.2) is 0 Å². The molecular weight excluding hydrogens is 338 g/mol. The van der Waals surface area contributed by atoms with E-state index in [1.807, 2.05) is 28.8 Å². The monoisotopic (exact) mass is 367 g/mol. The first-order valence-electron chi connectivity index (χ1n) is 9.89. The molecule has 5 heteroatoms. The summed E-state index contributed by atoms with van der Waals surface area (Å²) < 4.78 is 7.07. The molecule has 0 aliphatic rings. The van der Waals surface area contributed by atoms with E-state index in [-0.39, 0.29) is 5.91 Å². The molecule has 0 bridgehead atoms. The van der Waals surface area contributed by atoms with Crippen LogP contribution in [0.1, 0.15) is 38.5 Å². The number of benzene rings is 1. The number of methoxy groups -OCH3 is 1. The summed E-state index contributed by atoms with van der Waals surface area (Å²) in [6.45, 7) is 1.90. The minimum Gasteiger partial charge on any atom is -0.385 e. The van der Waals surface area contributed by atoms with Crippen LogP contribution in [0.25, 0.3) is 21.9 Å². The van der Waals surface area contributed by atoms with Crippen molar-refractivity contribution < 1.29 is 9.53 Å². The van der Waals surface area contributed by atoms with Gasteiger partial charge in [-0.1, -0.05) is 43.9 Å². The zero-order chi connectivity index (χ0) is 18.9. The molecule has 5 nitrogen and oxygen atoms in total. The highest BCUT2D eigenvalue weighted by Gasteiger charge is 2.13. The van der Waals surface area contributed by atoms with Crippen molar-refractivity contribution in [2.24, 2.45) is 0 Å². The predicted octanol–water partition coefficient (Wildman–Crippen LogP) is 4.29. The van der Waals surface area contributed by atoms with Crippen LogP contribution >= 0.6 is 0 Å². The minimum atomic E-state index is 0.0448. The Labute approximate surface area is 160 Å². The maximum atomic E-state index is 12.4. The topological polar surface area (TPSA) is 56.1 Å². The van der Waals surface area contributed by atoms with E-state index >= 15 is 0 Å². The molecule has 0 aliphatic carbocycles. The number of nitrogens with one attached hydrogen (secondary N) is 1. The number of fused-ring (bicyclic) bond motifs is 3. The van der Waals surface area contributed by atoms with Gasteiger partial charge in [-0.3, -0.25) is 4.79 Å². The highest BCUT2D eigenvalue weighted by molar-refractivity contribution is 6.07. The van der Waals surface area contributed by atoms with Crippen molar-refractivity contribution in [1.82, 2.24) is 14.9 Å². The maximum absolute atomic E-state index is 12.4. The first-order valence-corrected chi connectivity index (χ1v) is 9.89. The zero-order valence-electron chi connectivity index (χ0n) is 16.1. The number of amides is 1. The van der Waals surface area contributed by atoms with Crippen LogP contribution < -0.4 is 5.32 Å². The molecule has 3 aromatic rings. The fraction of sp³-hybridized carbons (Fsp3) is 0.455. The second-order valence-electron chi connectivity index (χ2n) is 6.94. The lowest BCUT2D eigenvalue weighted by Crippen LogP contribution is -2.28. The molecule has 1 amide bonds. The van der Waals surface area contributed by atoms with Crippen LogP contribution in [0.2, 0.25) is 0 Å². The Morgan fingerprint density at radius 3 is 2.59 bits per heavy atom. The molecule has 0 aliphatic heterocycles. The summed E-state index contributed by atoms with van der Waals surface area (Å²) in [5.41, 5.74) is 1.92. The maximum Gasteiger partial charge on any atom is 0.240 e. The van der Waals surface area contributed by atoms with Crippen molar-refractivity contribution in [3.8, 4) is 0 Å². The SMILES string of the molecule is COCCCCCCCCNC(=O)Cn1c2ccccc2c2cccnc21. The Hall–Kier alpha value is -2.40. The zero-order valence-corrected chi connectivity index (χ0v) is 16.1. The van der Waals surface area contributed by atoms with Gasteiger partial charge in [-0.05, 0) is 31.0 Å². The van der Waals surface area contributed by atoms with Gasteiger partial charge in [-0.2, -0.15) is 0 Å². The van der Waals surface area contributed by atoms with E-state index in [1.54, 1.807) is 13.3 Å². The van der Waals surface area contributed by atoms with Gasteiger partial charge in [0.05, 0.1) is 5.52 Å². The van der Waals surface area contributed by atoms with Gasteiger partial charge >= 0.3 is 0 Å². The van der Waals surface area contributed by atoms with Crippen molar-refractivity contribution in [2.45, 2.75) is 45.1 Å². The van der Waals surface area contributed by atoms with Gasteiger partial charge in [0, 0.05) is 37.2 Å². The molecule has 2 heterocycles. The normalized spacial score (nSPS) is 11.3. The number of carbonyl (C=O) groups excluding carboxylic acids is 1. The van der Waals surface area contributed by atoms with Crippen LogP contribution in [0.15, 0.2) is 42.6 Å². The second-order valence-corrected chi connectivity index (χ2v) is 6.94. The van der Waals surface area contributed by atoms with Crippen molar-refractivity contribution in [3.05, 3.63) is 42.6 Å². The van der Waals surface area contributed by atoms with Gasteiger partial charge in [0.25, 0.3) is 0 Å². The van der Waals surface area contributed by atoms with E-state index in [2.05, 4.69) is 22.4 Å². The Kier molecular flexibility index (Phi) is 7.22. The predicted molar refractivity (Wildman–Crippen MR) is 110 cm³/mol. The molecule has 0 fully saturated rings. The quantitative estimate of drug-likeness (QED) is 0.514.